The Balaban J connectivity index is 2.16. The van der Waals surface area contributed by atoms with Crippen molar-refractivity contribution in [2.75, 3.05) is 25.9 Å². The summed E-state index contributed by atoms with van der Waals surface area (Å²) >= 11 is 0. The Morgan fingerprint density at radius 3 is 2.94 bits per heavy atom. The first-order valence-electron chi connectivity index (χ1n) is 5.35. The van der Waals surface area contributed by atoms with Gasteiger partial charge in [0.2, 0.25) is 0 Å². The highest BCUT2D eigenvalue weighted by Gasteiger charge is 2.30. The lowest BCUT2D eigenvalue weighted by Gasteiger charge is -2.14. The van der Waals surface area contributed by atoms with Gasteiger partial charge in [-0.05, 0) is 12.8 Å². The van der Waals surface area contributed by atoms with Crippen LogP contribution in [0.4, 0.5) is 5.69 Å². The van der Waals surface area contributed by atoms with E-state index in [2.05, 4.69) is 10.2 Å². The van der Waals surface area contributed by atoms with Crippen LogP contribution in [0.1, 0.15) is 34.9 Å². The molecule has 0 atom stereocenters. The molecule has 1 aliphatic rings. The van der Waals surface area contributed by atoms with Crippen molar-refractivity contribution in [3.05, 3.63) is 11.4 Å². The zero-order chi connectivity index (χ0) is 11.7. The molecule has 1 heterocycles. The number of likely N-dealkylation sites (N-methyl/N-ethyl adjacent to an activating group) is 1. The molecule has 0 bridgehead atoms. The summed E-state index contributed by atoms with van der Waals surface area (Å²) < 4.78 is 0. The molecule has 1 amide bonds. The number of H-pyrrole nitrogens is 1. The molecule has 88 valence electrons. The van der Waals surface area contributed by atoms with Crippen LogP contribution in [0, 0.1) is 0 Å². The Morgan fingerprint density at radius 2 is 2.38 bits per heavy atom. The second-order valence-corrected chi connectivity index (χ2v) is 4.12. The van der Waals surface area contributed by atoms with Crippen LogP contribution in [0.15, 0.2) is 0 Å². The molecule has 1 saturated carbocycles. The maximum atomic E-state index is 11.9. The molecule has 0 spiro atoms. The van der Waals surface area contributed by atoms with Gasteiger partial charge in [-0.2, -0.15) is 5.10 Å². The maximum absolute atomic E-state index is 11.9. The highest BCUT2D eigenvalue weighted by molar-refractivity contribution is 5.97. The normalized spacial score (nSPS) is 15.1. The summed E-state index contributed by atoms with van der Waals surface area (Å²) in [5.74, 6) is 0.187. The van der Waals surface area contributed by atoms with Crippen molar-refractivity contribution >= 4 is 11.6 Å². The second kappa shape index (κ2) is 4.13. The molecular weight excluding hydrogens is 208 g/mol. The van der Waals surface area contributed by atoms with Crippen LogP contribution in [0.5, 0.6) is 0 Å². The van der Waals surface area contributed by atoms with Crippen molar-refractivity contribution in [3.63, 3.8) is 0 Å². The zero-order valence-corrected chi connectivity index (χ0v) is 9.23. The number of hydrogen-bond acceptors (Lipinski definition) is 4. The van der Waals surface area contributed by atoms with Gasteiger partial charge in [0, 0.05) is 19.5 Å². The van der Waals surface area contributed by atoms with E-state index >= 15 is 0 Å². The van der Waals surface area contributed by atoms with Crippen LogP contribution >= 0.6 is 0 Å². The SMILES string of the molecule is CN(CCO)C(=O)c1n[nH]c(C2CC2)c1N. The summed E-state index contributed by atoms with van der Waals surface area (Å²) in [6.07, 6.45) is 2.21. The van der Waals surface area contributed by atoms with Crippen molar-refractivity contribution in [3.8, 4) is 0 Å². The Bertz CT molecular complexity index is 398. The Morgan fingerprint density at radius 1 is 1.69 bits per heavy atom. The number of rotatable bonds is 4. The van der Waals surface area contributed by atoms with Gasteiger partial charge in [-0.3, -0.25) is 9.89 Å². The highest BCUT2D eigenvalue weighted by Crippen LogP contribution is 2.42. The van der Waals surface area contributed by atoms with Crippen LogP contribution in [0.3, 0.4) is 0 Å². The molecule has 0 saturated heterocycles. The average Bonchev–Trinajstić information content (AvgIpc) is 3.02. The number of carbonyl (C=O) groups excluding carboxylic acids is 1. The quantitative estimate of drug-likeness (QED) is 0.667. The van der Waals surface area contributed by atoms with Crippen molar-refractivity contribution in [1.82, 2.24) is 15.1 Å². The third-order valence-electron chi connectivity index (χ3n) is 2.80. The smallest absolute Gasteiger partial charge is 0.276 e. The van der Waals surface area contributed by atoms with Crippen molar-refractivity contribution in [2.45, 2.75) is 18.8 Å². The number of nitrogens with zero attached hydrogens (tertiary/aromatic N) is 2. The molecule has 0 aliphatic heterocycles. The fraction of sp³-hybridized carbons (Fsp3) is 0.600. The summed E-state index contributed by atoms with van der Waals surface area (Å²) in [5, 5.41) is 15.5. The van der Waals surface area contributed by atoms with Crippen LogP contribution in [-0.4, -0.2) is 46.3 Å². The van der Waals surface area contributed by atoms with E-state index in [0.717, 1.165) is 18.5 Å². The molecule has 1 aromatic rings. The number of aromatic amines is 1. The predicted molar refractivity (Wildman–Crippen MR) is 59.0 cm³/mol. The molecule has 1 aliphatic carbocycles. The van der Waals surface area contributed by atoms with E-state index in [1.807, 2.05) is 0 Å². The molecule has 0 aromatic carbocycles. The molecule has 1 fully saturated rings. The van der Waals surface area contributed by atoms with E-state index in [-0.39, 0.29) is 24.8 Å². The number of carbonyl (C=O) groups is 1. The predicted octanol–water partition coefficient (Wildman–Crippen LogP) is -0.0664. The summed E-state index contributed by atoms with van der Waals surface area (Å²) in [6.45, 7) is 0.214. The number of aliphatic hydroxyl groups is 1. The minimum Gasteiger partial charge on any atom is -0.395 e. The van der Waals surface area contributed by atoms with E-state index in [1.54, 1.807) is 7.05 Å². The molecule has 6 heteroatoms. The monoisotopic (exact) mass is 224 g/mol. The van der Waals surface area contributed by atoms with Crippen molar-refractivity contribution < 1.29 is 9.90 Å². The fourth-order valence-electron chi connectivity index (χ4n) is 1.64. The molecule has 2 rings (SSSR count). The molecule has 0 unspecified atom stereocenters. The summed E-state index contributed by atoms with van der Waals surface area (Å²) in [6, 6.07) is 0. The van der Waals surface area contributed by atoms with E-state index in [9.17, 15) is 4.79 Å². The topological polar surface area (TPSA) is 95.2 Å². The van der Waals surface area contributed by atoms with Gasteiger partial charge < -0.3 is 15.7 Å². The van der Waals surface area contributed by atoms with Crippen LogP contribution in [0.2, 0.25) is 0 Å². The summed E-state index contributed by atoms with van der Waals surface area (Å²) in [7, 11) is 1.61. The van der Waals surface area contributed by atoms with E-state index < -0.39 is 0 Å². The molecule has 6 nitrogen and oxygen atoms in total. The average molecular weight is 224 g/mol. The van der Waals surface area contributed by atoms with E-state index in [4.69, 9.17) is 10.8 Å². The van der Waals surface area contributed by atoms with E-state index in [0.29, 0.717) is 11.6 Å². The lowest BCUT2D eigenvalue weighted by molar-refractivity contribution is 0.0762. The Labute approximate surface area is 93.4 Å². The fourth-order valence-corrected chi connectivity index (χ4v) is 1.64. The third-order valence-corrected chi connectivity index (χ3v) is 2.80. The lowest BCUT2D eigenvalue weighted by Crippen LogP contribution is -2.30. The summed E-state index contributed by atoms with van der Waals surface area (Å²) in [4.78, 5) is 13.3. The van der Waals surface area contributed by atoms with Gasteiger partial charge in [-0.1, -0.05) is 0 Å². The minimum atomic E-state index is -0.255. The summed E-state index contributed by atoms with van der Waals surface area (Å²) in [5.41, 5.74) is 7.47. The van der Waals surface area contributed by atoms with Gasteiger partial charge in [0.15, 0.2) is 5.69 Å². The van der Waals surface area contributed by atoms with Gasteiger partial charge in [-0.15, -0.1) is 0 Å². The lowest BCUT2D eigenvalue weighted by atomic mass is 10.2. The molecular formula is C10H16N4O2. The Kier molecular flexibility index (Phi) is 2.82. The highest BCUT2D eigenvalue weighted by atomic mass is 16.3. The number of amides is 1. The number of aliphatic hydroxyl groups excluding tert-OH is 1. The molecule has 16 heavy (non-hydrogen) atoms. The largest absolute Gasteiger partial charge is 0.395 e. The minimum absolute atomic E-state index is 0.0674. The van der Waals surface area contributed by atoms with Crippen molar-refractivity contribution in [1.29, 1.82) is 0 Å². The number of hydrogen-bond donors (Lipinski definition) is 3. The van der Waals surface area contributed by atoms with Gasteiger partial charge in [0.25, 0.3) is 5.91 Å². The number of anilines is 1. The molecule has 1 aromatic heterocycles. The molecule has 0 radical (unpaired) electrons. The van der Waals surface area contributed by atoms with E-state index in [1.165, 1.54) is 4.90 Å². The van der Waals surface area contributed by atoms with Crippen LogP contribution in [-0.2, 0) is 0 Å². The van der Waals surface area contributed by atoms with Gasteiger partial charge >= 0.3 is 0 Å². The number of aromatic nitrogens is 2. The number of nitrogens with one attached hydrogen (secondary N) is 1. The first-order valence-corrected chi connectivity index (χ1v) is 5.35. The van der Waals surface area contributed by atoms with Crippen LogP contribution in [0.25, 0.3) is 0 Å². The molecule has 4 N–H and O–H groups in total. The number of nitrogens with two attached hydrogens (primary N) is 1. The zero-order valence-electron chi connectivity index (χ0n) is 9.23. The van der Waals surface area contributed by atoms with Crippen molar-refractivity contribution in [2.24, 2.45) is 0 Å². The third kappa shape index (κ3) is 1.88. The van der Waals surface area contributed by atoms with Crippen LogP contribution < -0.4 is 5.73 Å². The maximum Gasteiger partial charge on any atom is 0.276 e. The first kappa shape index (κ1) is 10.9. The van der Waals surface area contributed by atoms with Gasteiger partial charge in [-0.25, -0.2) is 0 Å². The second-order valence-electron chi connectivity index (χ2n) is 4.12. The standard InChI is InChI=1S/C10H16N4O2/c1-14(4-5-15)10(16)9-7(11)8(12-13-9)6-2-3-6/h6,15H,2-5,11H2,1H3,(H,12,13). The first-order chi connectivity index (χ1) is 7.65. The van der Waals surface area contributed by atoms with Gasteiger partial charge in [0.1, 0.15) is 0 Å². The van der Waals surface area contributed by atoms with Gasteiger partial charge in [0.05, 0.1) is 18.0 Å². The Hall–Kier alpha value is -1.56. The number of nitrogen functional groups attached to an aromatic ring is 1.